The lowest BCUT2D eigenvalue weighted by atomic mass is 9.94. The van der Waals surface area contributed by atoms with E-state index in [1.165, 1.54) is 0 Å². The molecule has 50 atom stereocenters. The fourth-order valence-corrected chi connectivity index (χ4v) is 14.9. The van der Waals surface area contributed by atoms with E-state index in [0.717, 1.165) is 13.8 Å². The standard InChI is InChI=1S/C64H108N2O51/c1-13(74)65-25-35(84)49(20(8-72)102-55(25)98)112-56-26(66-14(2)75)36(85)50(21(9-73)108-56)113-61-48(97)51(114-63-54(42(91)31(80)18(6-70)106-63)117-64-53(41(90)30(79)19(7-71)107-64)116-60-47(96)39(88)29(78)17(5-69)105-60)34(83)24(110-61)12-101-62-52(115-59-46(95)38(87)28(77)16(4-68)104-59)43(92)33(82)23(111-62)11-100-58-45(94)40(89)32(81)22(109-58)10-99-57-44(93)37(86)27(76)15(3-67)103-57/h15-64,67-73,76-98H,3-12H2,1-2H3,(H,65,74)(H,66,75)/t15-,16-,17-,18-,19-,20-,21-,22-,23-,24-,25-,26-,27-,28-,29-,30-,31-,32-,33-,34-,35-,36-,37+,38+,39+,40+,41+,42+,43+,44+,45+,46+,47+,48+,49-,50-,51+,52+,53-,54+,55-,56+,57+,58+,59-,60-,61+,62+,63-,64-/m1/s1. The number of aliphatic hydroxyl groups excluding tert-OH is 30. The number of nitrogens with one attached hydrogen (secondary N) is 2. The highest BCUT2D eigenvalue weighted by Gasteiger charge is 2.61. The van der Waals surface area contributed by atoms with E-state index in [1.807, 2.05) is 0 Å². The van der Waals surface area contributed by atoms with Crippen LogP contribution in [0.4, 0.5) is 0 Å². The largest absolute Gasteiger partial charge is 0.394 e. The molecule has 0 aromatic rings. The van der Waals surface area contributed by atoms with Gasteiger partial charge in [-0.2, -0.15) is 0 Å². The molecule has 10 heterocycles. The fraction of sp³-hybridized carbons (Fsp3) is 0.969. The molecule has 0 radical (unpaired) electrons. The molecular formula is C64H108N2O51. The Balaban J connectivity index is 0.982. The van der Waals surface area contributed by atoms with Crippen LogP contribution < -0.4 is 10.6 Å². The maximum atomic E-state index is 13.0. The van der Waals surface area contributed by atoms with Crippen molar-refractivity contribution in [2.75, 3.05) is 66.1 Å². The summed E-state index contributed by atoms with van der Waals surface area (Å²) in [7, 11) is 0. The average Bonchev–Trinajstić information content (AvgIpc) is 0.766. The lowest BCUT2D eigenvalue weighted by Gasteiger charge is -2.51. The highest BCUT2D eigenvalue weighted by molar-refractivity contribution is 5.73. The number of ether oxygens (including phenoxy) is 19. The van der Waals surface area contributed by atoms with Crippen molar-refractivity contribution in [1.82, 2.24) is 10.6 Å². The first-order valence-corrected chi connectivity index (χ1v) is 37.2. The topological polar surface area (TPSA) is 840 Å². The van der Waals surface area contributed by atoms with E-state index in [2.05, 4.69) is 10.6 Å². The van der Waals surface area contributed by atoms with Crippen LogP contribution in [0.1, 0.15) is 13.8 Å². The van der Waals surface area contributed by atoms with Gasteiger partial charge < -0.3 is 254 Å². The van der Waals surface area contributed by atoms with Crippen molar-refractivity contribution in [2.45, 2.75) is 321 Å². The van der Waals surface area contributed by atoms with Crippen LogP contribution in [-0.2, 0) is 99.6 Å². The van der Waals surface area contributed by atoms with E-state index < -0.39 is 385 Å². The molecule has 0 saturated carbocycles. The van der Waals surface area contributed by atoms with Gasteiger partial charge in [-0.15, -0.1) is 0 Å². The number of hydrogen-bond acceptors (Lipinski definition) is 51. The molecule has 0 aromatic carbocycles. The van der Waals surface area contributed by atoms with Crippen LogP contribution in [0.15, 0.2) is 0 Å². The maximum absolute atomic E-state index is 13.0. The Morgan fingerprint density at radius 3 is 0.880 bits per heavy atom. The van der Waals surface area contributed by atoms with Gasteiger partial charge >= 0.3 is 0 Å². The molecule has 0 spiro atoms. The molecule has 10 fully saturated rings. The van der Waals surface area contributed by atoms with E-state index in [-0.39, 0.29) is 0 Å². The van der Waals surface area contributed by atoms with Gasteiger partial charge in [-0.1, -0.05) is 0 Å². The smallest absolute Gasteiger partial charge is 0.217 e. The molecule has 53 heteroatoms. The first-order valence-electron chi connectivity index (χ1n) is 37.2. The Kier molecular flexibility index (Phi) is 34.4. The summed E-state index contributed by atoms with van der Waals surface area (Å²) in [5.41, 5.74) is 0. The van der Waals surface area contributed by atoms with Gasteiger partial charge in [-0.05, 0) is 0 Å². The van der Waals surface area contributed by atoms with Gasteiger partial charge in [0.25, 0.3) is 0 Å². The minimum Gasteiger partial charge on any atom is -0.394 e. The van der Waals surface area contributed by atoms with Crippen LogP contribution in [0.25, 0.3) is 0 Å². The SMILES string of the molecule is CC(=O)N[C@@H]1[C@@H](O)[C@H](O[C@@H]2O[C@H](CO)[C@@H](O[C@@H]3O[C@H](CO[C@H]4O[C@H](CO[C@H]5O[C@H](CO[C@H]6O[C@H](CO)[C@@H](O)[C@H](O)[C@@H]6O)[C@@H](O)[C@H](O)[C@@H]5O)[C@@H](O)[C@H](O)[C@@H]4O[C@H]4O[C@H](CO)[C@@H](O)[C@H](O)[C@@H]4O)[C@@H](O)[C@H](O[C@H]4O[C@H](CO)[C@@H](O)[C@H](O)[C@@H]4O[C@H]4O[C@H](CO)[C@@H](O)[C@H](O)[C@H]4O[C@H]4O[C@H](CO)[C@@H](O)[C@H](O)[C@@H]4O)[C@@H]3O)[C@H](O)[C@H]2NC(C)=O)[C@@H](CO)O[C@H]1O. The number of hydrogen-bond donors (Lipinski definition) is 32. The average molecular weight is 1720 g/mol. The molecule has 0 bridgehead atoms. The second kappa shape index (κ2) is 41.9. The van der Waals surface area contributed by atoms with E-state index in [0.29, 0.717) is 0 Å². The molecule has 10 saturated heterocycles. The zero-order chi connectivity index (χ0) is 85.9. The number of carbonyl (C=O) groups is 2. The molecule has 2 amide bonds. The lowest BCUT2D eigenvalue weighted by molar-refractivity contribution is -0.408. The predicted octanol–water partition coefficient (Wildman–Crippen LogP) is -22.5. The van der Waals surface area contributed by atoms with Gasteiger partial charge in [-0.25, -0.2) is 0 Å². The van der Waals surface area contributed by atoms with Crippen molar-refractivity contribution >= 4 is 11.8 Å². The Labute approximate surface area is 660 Å². The summed E-state index contributed by atoms with van der Waals surface area (Å²) in [6.07, 6.45) is -103. The summed E-state index contributed by atoms with van der Waals surface area (Å²) < 4.78 is 111. The third kappa shape index (κ3) is 20.9. The van der Waals surface area contributed by atoms with Crippen LogP contribution in [-0.4, -0.2) is 538 Å². The first kappa shape index (κ1) is 96.2. The van der Waals surface area contributed by atoms with Gasteiger partial charge in [0.05, 0.1) is 66.1 Å². The Hall–Kier alpha value is -3.02. The molecular weight excluding hydrogens is 1610 g/mol. The van der Waals surface area contributed by atoms with E-state index in [4.69, 9.17) is 90.0 Å². The second-order valence-corrected chi connectivity index (χ2v) is 29.6. The molecule has 117 heavy (non-hydrogen) atoms. The minimum absolute atomic E-state index is 0.805. The van der Waals surface area contributed by atoms with Gasteiger partial charge in [0.15, 0.2) is 62.9 Å². The highest BCUT2D eigenvalue weighted by atomic mass is 16.8. The molecule has 32 N–H and O–H groups in total. The van der Waals surface area contributed by atoms with Crippen molar-refractivity contribution in [3.05, 3.63) is 0 Å². The summed E-state index contributed by atoms with van der Waals surface area (Å²) in [6.45, 7) is -8.94. The summed E-state index contributed by atoms with van der Waals surface area (Å²) in [6, 6.07) is -3.64. The fourth-order valence-electron chi connectivity index (χ4n) is 14.9. The molecule has 0 aromatic heterocycles. The third-order valence-corrected chi connectivity index (χ3v) is 21.6. The predicted molar refractivity (Wildman–Crippen MR) is 353 cm³/mol. The maximum Gasteiger partial charge on any atom is 0.217 e. The monoisotopic (exact) mass is 1720 g/mol. The normalized spacial score (nSPS) is 51.5. The van der Waals surface area contributed by atoms with Gasteiger partial charge in [0.2, 0.25) is 11.8 Å². The Bertz CT molecular complexity index is 3050. The Morgan fingerprint density at radius 2 is 0.470 bits per heavy atom. The van der Waals surface area contributed by atoms with Crippen molar-refractivity contribution in [1.29, 1.82) is 0 Å². The third-order valence-electron chi connectivity index (χ3n) is 21.6. The van der Waals surface area contributed by atoms with Crippen LogP contribution in [0.5, 0.6) is 0 Å². The van der Waals surface area contributed by atoms with Crippen LogP contribution in [0.2, 0.25) is 0 Å². The second-order valence-electron chi connectivity index (χ2n) is 29.6. The van der Waals surface area contributed by atoms with Crippen LogP contribution in [0.3, 0.4) is 0 Å². The van der Waals surface area contributed by atoms with Gasteiger partial charge in [0.1, 0.15) is 244 Å². The lowest BCUT2D eigenvalue weighted by Crippen LogP contribution is -2.70. The zero-order valence-corrected chi connectivity index (χ0v) is 61.9. The van der Waals surface area contributed by atoms with Crippen molar-refractivity contribution in [3.8, 4) is 0 Å². The zero-order valence-electron chi connectivity index (χ0n) is 61.9. The summed E-state index contributed by atoms with van der Waals surface area (Å²) in [4.78, 5) is 25.2. The van der Waals surface area contributed by atoms with Gasteiger partial charge in [0, 0.05) is 13.8 Å². The molecule has 0 aliphatic carbocycles. The van der Waals surface area contributed by atoms with E-state index in [9.17, 15) is 163 Å². The number of rotatable bonds is 30. The minimum atomic E-state index is -2.64. The molecule has 10 aliphatic heterocycles. The summed E-state index contributed by atoms with van der Waals surface area (Å²) in [5.74, 6) is -1.78. The molecule has 53 nitrogen and oxygen atoms in total. The van der Waals surface area contributed by atoms with Crippen LogP contribution >= 0.6 is 0 Å². The van der Waals surface area contributed by atoms with Crippen molar-refractivity contribution in [2.24, 2.45) is 0 Å². The van der Waals surface area contributed by atoms with E-state index in [1.54, 1.807) is 0 Å². The highest BCUT2D eigenvalue weighted by Crippen LogP contribution is 2.40. The number of aliphatic hydroxyl groups is 30. The van der Waals surface area contributed by atoms with Gasteiger partial charge in [-0.3, -0.25) is 9.59 Å². The molecule has 10 aliphatic rings. The summed E-state index contributed by atoms with van der Waals surface area (Å²) >= 11 is 0. The summed E-state index contributed by atoms with van der Waals surface area (Å²) in [5, 5.41) is 335. The number of amides is 2. The first-order chi connectivity index (χ1) is 55.4. The molecule has 680 valence electrons. The van der Waals surface area contributed by atoms with E-state index >= 15 is 0 Å². The van der Waals surface area contributed by atoms with Crippen molar-refractivity contribution in [3.63, 3.8) is 0 Å². The molecule has 10 rings (SSSR count). The number of carbonyl (C=O) groups excluding carboxylic acids is 2. The molecule has 0 unspecified atom stereocenters. The van der Waals surface area contributed by atoms with Crippen LogP contribution in [0, 0.1) is 0 Å². The van der Waals surface area contributed by atoms with Crippen molar-refractivity contribution < 1.29 is 253 Å². The Morgan fingerprint density at radius 1 is 0.222 bits per heavy atom. The quantitative estimate of drug-likeness (QED) is 0.0318.